The van der Waals surface area contributed by atoms with E-state index in [1.165, 1.54) is 0 Å². The number of rotatable bonds is 4. The van der Waals surface area contributed by atoms with Gasteiger partial charge in [0, 0.05) is 17.8 Å². The molecule has 0 aliphatic carbocycles. The molecule has 1 aromatic heterocycles. The van der Waals surface area contributed by atoms with Crippen LogP contribution in [-0.2, 0) is 16.1 Å². The minimum atomic E-state index is -0.273. The van der Waals surface area contributed by atoms with E-state index in [4.69, 9.17) is 4.74 Å². The molecule has 4 nitrogen and oxygen atoms in total. The number of esters is 1. The molecule has 1 aliphatic heterocycles. The Kier molecular flexibility index (Phi) is 4.31. The van der Waals surface area contributed by atoms with E-state index >= 15 is 0 Å². The third-order valence-corrected chi connectivity index (χ3v) is 4.45. The van der Waals surface area contributed by atoms with E-state index < -0.39 is 0 Å². The molecule has 2 aromatic rings. The molecular weight excluding hydrogens is 302 g/mol. The summed E-state index contributed by atoms with van der Waals surface area (Å²) in [7, 11) is 0. The summed E-state index contributed by atoms with van der Waals surface area (Å²) in [6, 6.07) is 9.58. The lowest BCUT2D eigenvalue weighted by Gasteiger charge is -2.12. The highest BCUT2D eigenvalue weighted by molar-refractivity contribution is 6.09. The smallest absolute Gasteiger partial charge is 0.315 e. The Balaban J connectivity index is 1.96. The van der Waals surface area contributed by atoms with Gasteiger partial charge >= 0.3 is 5.97 Å². The largest absolute Gasteiger partial charge is 0.462 e. The second-order valence-corrected chi connectivity index (χ2v) is 6.78. The van der Waals surface area contributed by atoms with Crippen LogP contribution in [0.25, 0.3) is 0 Å². The molecule has 0 fully saturated rings. The van der Waals surface area contributed by atoms with Gasteiger partial charge in [-0.25, -0.2) is 0 Å². The summed E-state index contributed by atoms with van der Waals surface area (Å²) >= 11 is 0. The van der Waals surface area contributed by atoms with Crippen LogP contribution in [0.3, 0.4) is 0 Å². The topological polar surface area (TPSA) is 48.3 Å². The average molecular weight is 325 g/mol. The normalized spacial score (nSPS) is 16.3. The molecule has 0 radical (unpaired) electrons. The fraction of sp³-hybridized carbons (Fsp3) is 0.400. The molecule has 126 valence electrons. The Morgan fingerprint density at radius 2 is 1.96 bits per heavy atom. The first kappa shape index (κ1) is 16.5. The van der Waals surface area contributed by atoms with Crippen molar-refractivity contribution in [2.75, 3.05) is 0 Å². The van der Waals surface area contributed by atoms with Gasteiger partial charge in [0.1, 0.15) is 0 Å². The van der Waals surface area contributed by atoms with Gasteiger partial charge in [-0.2, -0.15) is 0 Å². The minimum absolute atomic E-state index is 0.0142. The van der Waals surface area contributed by atoms with E-state index in [2.05, 4.69) is 0 Å². The highest BCUT2D eigenvalue weighted by atomic mass is 16.5. The predicted octanol–water partition coefficient (Wildman–Crippen LogP) is 3.77. The SMILES string of the molecule is Cc1cccc(C(=O)c2c(C)cc3n2CCC3C(=O)OC(C)C)c1. The summed E-state index contributed by atoms with van der Waals surface area (Å²) in [5, 5.41) is 0. The summed E-state index contributed by atoms with van der Waals surface area (Å²) in [6.45, 7) is 8.28. The summed E-state index contributed by atoms with van der Waals surface area (Å²) in [4.78, 5) is 25.3. The maximum Gasteiger partial charge on any atom is 0.315 e. The molecular formula is C20H23NO3. The van der Waals surface area contributed by atoms with Crippen LogP contribution in [-0.4, -0.2) is 22.4 Å². The maximum atomic E-state index is 13.0. The predicted molar refractivity (Wildman–Crippen MR) is 92.4 cm³/mol. The molecule has 0 saturated carbocycles. The molecule has 4 heteroatoms. The van der Waals surface area contributed by atoms with Gasteiger partial charge in [0.2, 0.25) is 5.78 Å². The Labute approximate surface area is 142 Å². The van der Waals surface area contributed by atoms with Crippen molar-refractivity contribution in [2.45, 2.75) is 52.7 Å². The molecule has 24 heavy (non-hydrogen) atoms. The number of aromatic nitrogens is 1. The Morgan fingerprint density at radius 1 is 1.21 bits per heavy atom. The van der Waals surface area contributed by atoms with Crippen LogP contribution < -0.4 is 0 Å². The van der Waals surface area contributed by atoms with Gasteiger partial charge < -0.3 is 9.30 Å². The van der Waals surface area contributed by atoms with E-state index in [1.54, 1.807) is 0 Å². The van der Waals surface area contributed by atoms with E-state index in [0.717, 1.165) is 16.8 Å². The summed E-state index contributed by atoms with van der Waals surface area (Å²) in [5.74, 6) is -0.457. The number of hydrogen-bond donors (Lipinski definition) is 0. The number of nitrogens with zero attached hydrogens (tertiary/aromatic N) is 1. The van der Waals surface area contributed by atoms with Crippen LogP contribution >= 0.6 is 0 Å². The fourth-order valence-electron chi connectivity index (χ4n) is 3.42. The van der Waals surface area contributed by atoms with Crippen molar-refractivity contribution < 1.29 is 14.3 Å². The van der Waals surface area contributed by atoms with Crippen LogP contribution in [0.2, 0.25) is 0 Å². The third kappa shape index (κ3) is 2.88. The standard InChI is InChI=1S/C20H23NO3/c1-12(2)24-20(23)16-8-9-21-17(16)11-14(4)18(21)19(22)15-7-5-6-13(3)10-15/h5-7,10-12,16H,8-9H2,1-4H3. The highest BCUT2D eigenvalue weighted by Crippen LogP contribution is 2.34. The van der Waals surface area contributed by atoms with Crippen molar-refractivity contribution in [3.63, 3.8) is 0 Å². The van der Waals surface area contributed by atoms with Gasteiger partial charge in [0.05, 0.1) is 17.7 Å². The van der Waals surface area contributed by atoms with Gasteiger partial charge in [-0.15, -0.1) is 0 Å². The lowest BCUT2D eigenvalue weighted by molar-refractivity contribution is -0.149. The summed E-state index contributed by atoms with van der Waals surface area (Å²) in [6.07, 6.45) is 0.561. The Morgan fingerprint density at radius 3 is 2.62 bits per heavy atom. The lowest BCUT2D eigenvalue weighted by atomic mass is 10.0. The van der Waals surface area contributed by atoms with E-state index in [-0.39, 0.29) is 23.8 Å². The van der Waals surface area contributed by atoms with Crippen LogP contribution in [0.1, 0.15) is 59.1 Å². The third-order valence-electron chi connectivity index (χ3n) is 4.45. The van der Waals surface area contributed by atoms with Crippen LogP contribution in [0.15, 0.2) is 30.3 Å². The van der Waals surface area contributed by atoms with Crippen molar-refractivity contribution in [3.05, 3.63) is 58.4 Å². The summed E-state index contributed by atoms with van der Waals surface area (Å²) in [5.41, 5.74) is 4.25. The van der Waals surface area contributed by atoms with Crippen LogP contribution in [0.5, 0.6) is 0 Å². The van der Waals surface area contributed by atoms with Crippen LogP contribution in [0, 0.1) is 13.8 Å². The monoisotopic (exact) mass is 325 g/mol. The van der Waals surface area contributed by atoms with Crippen molar-refractivity contribution >= 4 is 11.8 Å². The number of benzene rings is 1. The van der Waals surface area contributed by atoms with Crippen molar-refractivity contribution in [3.8, 4) is 0 Å². The fourth-order valence-corrected chi connectivity index (χ4v) is 3.42. The molecule has 0 amide bonds. The highest BCUT2D eigenvalue weighted by Gasteiger charge is 2.34. The molecule has 3 rings (SSSR count). The zero-order chi connectivity index (χ0) is 17.4. The molecule has 0 saturated heterocycles. The van der Waals surface area contributed by atoms with Gasteiger partial charge in [0.15, 0.2) is 0 Å². The number of hydrogen-bond acceptors (Lipinski definition) is 3. The van der Waals surface area contributed by atoms with Crippen molar-refractivity contribution in [1.82, 2.24) is 4.57 Å². The molecule has 0 bridgehead atoms. The number of carbonyl (C=O) groups excluding carboxylic acids is 2. The first-order chi connectivity index (χ1) is 11.4. The number of ketones is 1. The molecule has 1 aliphatic rings. The van der Waals surface area contributed by atoms with E-state index in [9.17, 15) is 9.59 Å². The second kappa shape index (κ2) is 6.27. The lowest BCUT2D eigenvalue weighted by Crippen LogP contribution is -2.18. The summed E-state index contributed by atoms with van der Waals surface area (Å²) < 4.78 is 7.36. The molecule has 1 atom stereocenters. The quantitative estimate of drug-likeness (QED) is 0.635. The minimum Gasteiger partial charge on any atom is -0.462 e. The zero-order valence-corrected chi connectivity index (χ0v) is 14.6. The number of fused-ring (bicyclic) bond motifs is 1. The van der Waals surface area contributed by atoms with Gasteiger partial charge in [-0.3, -0.25) is 9.59 Å². The number of carbonyl (C=O) groups is 2. The second-order valence-electron chi connectivity index (χ2n) is 6.78. The van der Waals surface area contributed by atoms with E-state index in [0.29, 0.717) is 24.2 Å². The van der Waals surface area contributed by atoms with Crippen molar-refractivity contribution in [1.29, 1.82) is 0 Å². The maximum absolute atomic E-state index is 13.0. The molecule has 0 spiro atoms. The first-order valence-corrected chi connectivity index (χ1v) is 8.40. The van der Waals surface area contributed by atoms with Gasteiger partial charge in [-0.1, -0.05) is 23.8 Å². The Bertz CT molecular complexity index is 801. The molecule has 0 N–H and O–H groups in total. The molecule has 2 heterocycles. The van der Waals surface area contributed by atoms with Gasteiger partial charge in [0.25, 0.3) is 0 Å². The molecule has 1 unspecified atom stereocenters. The van der Waals surface area contributed by atoms with Gasteiger partial charge in [-0.05, 0) is 51.8 Å². The Hall–Kier alpha value is -2.36. The van der Waals surface area contributed by atoms with E-state index in [1.807, 2.05) is 62.6 Å². The number of aryl methyl sites for hydroxylation is 2. The van der Waals surface area contributed by atoms with Crippen LogP contribution in [0.4, 0.5) is 0 Å². The number of ether oxygens (including phenoxy) is 1. The molecule has 1 aromatic carbocycles. The zero-order valence-electron chi connectivity index (χ0n) is 14.6. The first-order valence-electron chi connectivity index (χ1n) is 8.40. The van der Waals surface area contributed by atoms with Crippen molar-refractivity contribution in [2.24, 2.45) is 0 Å². The average Bonchev–Trinajstić information content (AvgIpc) is 3.03.